The Morgan fingerprint density at radius 2 is 1.94 bits per heavy atom. The molecule has 0 aliphatic heterocycles. The number of nitrogens with one attached hydrogen (secondary N) is 2. The highest BCUT2D eigenvalue weighted by molar-refractivity contribution is 5.80. The standard InChI is InChI=1S/C13H14N4O/c18-13(10-14-12-7-4-8-16-17-12)15-9-11-5-2-1-3-6-11/h1-8H,9-10H2,(H,14,17)(H,15,18). The third kappa shape index (κ3) is 3.86. The largest absolute Gasteiger partial charge is 0.360 e. The van der Waals surface area contributed by atoms with E-state index in [2.05, 4.69) is 20.8 Å². The highest BCUT2D eigenvalue weighted by Gasteiger charge is 2.01. The molecule has 0 fully saturated rings. The number of amides is 1. The summed E-state index contributed by atoms with van der Waals surface area (Å²) in [4.78, 5) is 11.6. The van der Waals surface area contributed by atoms with Gasteiger partial charge in [-0.25, -0.2) is 0 Å². The quantitative estimate of drug-likeness (QED) is 0.827. The van der Waals surface area contributed by atoms with Crippen LogP contribution in [-0.2, 0) is 11.3 Å². The highest BCUT2D eigenvalue weighted by Crippen LogP contribution is 1.98. The lowest BCUT2D eigenvalue weighted by molar-refractivity contribution is -0.119. The van der Waals surface area contributed by atoms with E-state index >= 15 is 0 Å². The summed E-state index contributed by atoms with van der Waals surface area (Å²) in [6.45, 7) is 0.716. The van der Waals surface area contributed by atoms with Gasteiger partial charge in [-0.15, -0.1) is 5.10 Å². The van der Waals surface area contributed by atoms with E-state index in [9.17, 15) is 4.79 Å². The molecule has 18 heavy (non-hydrogen) atoms. The van der Waals surface area contributed by atoms with Gasteiger partial charge in [0.05, 0.1) is 6.54 Å². The number of rotatable bonds is 5. The second-order valence-electron chi connectivity index (χ2n) is 3.72. The van der Waals surface area contributed by atoms with Gasteiger partial charge in [-0.2, -0.15) is 5.10 Å². The molecule has 5 heteroatoms. The molecule has 0 atom stereocenters. The summed E-state index contributed by atoms with van der Waals surface area (Å²) in [7, 11) is 0. The lowest BCUT2D eigenvalue weighted by atomic mass is 10.2. The van der Waals surface area contributed by atoms with E-state index in [4.69, 9.17) is 0 Å². The molecule has 2 rings (SSSR count). The van der Waals surface area contributed by atoms with Crippen LogP contribution in [0.1, 0.15) is 5.56 Å². The average Bonchev–Trinajstić information content (AvgIpc) is 2.45. The first-order valence-corrected chi connectivity index (χ1v) is 5.67. The van der Waals surface area contributed by atoms with E-state index in [0.29, 0.717) is 12.4 Å². The van der Waals surface area contributed by atoms with Crippen molar-refractivity contribution in [2.24, 2.45) is 0 Å². The van der Waals surface area contributed by atoms with Gasteiger partial charge in [-0.3, -0.25) is 4.79 Å². The Morgan fingerprint density at radius 1 is 1.11 bits per heavy atom. The number of hydrogen-bond acceptors (Lipinski definition) is 4. The maximum Gasteiger partial charge on any atom is 0.239 e. The number of carbonyl (C=O) groups excluding carboxylic acids is 1. The van der Waals surface area contributed by atoms with Gasteiger partial charge in [0.15, 0.2) is 0 Å². The van der Waals surface area contributed by atoms with Gasteiger partial charge in [0, 0.05) is 12.7 Å². The van der Waals surface area contributed by atoms with E-state index in [1.54, 1.807) is 18.3 Å². The van der Waals surface area contributed by atoms with Crippen molar-refractivity contribution in [3.05, 3.63) is 54.2 Å². The SMILES string of the molecule is O=C(CNc1cccnn1)NCc1ccccc1. The van der Waals surface area contributed by atoms with Gasteiger partial charge in [0.1, 0.15) is 5.82 Å². The van der Waals surface area contributed by atoms with Crippen LogP contribution in [0.2, 0.25) is 0 Å². The molecule has 0 bridgehead atoms. The Kier molecular flexibility index (Phi) is 4.24. The number of anilines is 1. The van der Waals surface area contributed by atoms with Crippen LogP contribution in [-0.4, -0.2) is 22.6 Å². The molecule has 1 heterocycles. The molecule has 0 radical (unpaired) electrons. The fourth-order valence-electron chi connectivity index (χ4n) is 1.43. The second-order valence-corrected chi connectivity index (χ2v) is 3.72. The predicted octanol–water partition coefficient (Wildman–Crippen LogP) is 1.20. The van der Waals surface area contributed by atoms with Crippen LogP contribution >= 0.6 is 0 Å². The van der Waals surface area contributed by atoms with Gasteiger partial charge >= 0.3 is 0 Å². The minimum atomic E-state index is -0.0792. The molecule has 0 unspecified atom stereocenters. The first-order chi connectivity index (χ1) is 8.84. The zero-order valence-electron chi connectivity index (χ0n) is 9.84. The average molecular weight is 242 g/mol. The van der Waals surface area contributed by atoms with Crippen LogP contribution in [0.25, 0.3) is 0 Å². The molecule has 92 valence electrons. The Labute approximate surface area is 105 Å². The van der Waals surface area contributed by atoms with E-state index in [0.717, 1.165) is 5.56 Å². The normalized spacial score (nSPS) is 9.78. The molecule has 0 saturated heterocycles. The van der Waals surface area contributed by atoms with E-state index in [1.165, 1.54) is 0 Å². The summed E-state index contributed by atoms with van der Waals surface area (Å²) >= 11 is 0. The smallest absolute Gasteiger partial charge is 0.239 e. The molecular weight excluding hydrogens is 228 g/mol. The summed E-state index contributed by atoms with van der Waals surface area (Å²) in [5.74, 6) is 0.511. The van der Waals surface area contributed by atoms with Crippen molar-refractivity contribution >= 4 is 11.7 Å². The first kappa shape index (κ1) is 12.0. The zero-order chi connectivity index (χ0) is 12.6. The van der Waals surface area contributed by atoms with Gasteiger partial charge in [-0.05, 0) is 17.7 Å². The predicted molar refractivity (Wildman–Crippen MR) is 68.8 cm³/mol. The number of aromatic nitrogens is 2. The van der Waals surface area contributed by atoms with Crippen molar-refractivity contribution in [3.63, 3.8) is 0 Å². The van der Waals surface area contributed by atoms with Gasteiger partial charge in [0.2, 0.25) is 5.91 Å². The molecule has 1 amide bonds. The Hall–Kier alpha value is -2.43. The third-order valence-corrected chi connectivity index (χ3v) is 2.33. The molecule has 0 saturated carbocycles. The lowest BCUT2D eigenvalue weighted by Crippen LogP contribution is -2.29. The summed E-state index contributed by atoms with van der Waals surface area (Å²) in [5, 5.41) is 13.3. The Morgan fingerprint density at radius 3 is 2.67 bits per heavy atom. The van der Waals surface area contributed by atoms with Crippen LogP contribution < -0.4 is 10.6 Å². The van der Waals surface area contributed by atoms with Crippen molar-refractivity contribution in [2.75, 3.05) is 11.9 Å². The number of hydrogen-bond donors (Lipinski definition) is 2. The third-order valence-electron chi connectivity index (χ3n) is 2.33. The van der Waals surface area contributed by atoms with Gasteiger partial charge < -0.3 is 10.6 Å². The summed E-state index contributed by atoms with van der Waals surface area (Å²) < 4.78 is 0. The van der Waals surface area contributed by atoms with Crippen LogP contribution in [0.15, 0.2) is 48.7 Å². The van der Waals surface area contributed by atoms with E-state index in [1.807, 2.05) is 30.3 Å². The number of carbonyl (C=O) groups is 1. The minimum absolute atomic E-state index is 0.0792. The van der Waals surface area contributed by atoms with Gasteiger partial charge in [-0.1, -0.05) is 30.3 Å². The second kappa shape index (κ2) is 6.34. The van der Waals surface area contributed by atoms with Crippen molar-refractivity contribution in [1.29, 1.82) is 0 Å². The molecule has 5 nitrogen and oxygen atoms in total. The summed E-state index contributed by atoms with van der Waals surface area (Å²) in [5.41, 5.74) is 1.07. The lowest BCUT2D eigenvalue weighted by Gasteiger charge is -2.06. The van der Waals surface area contributed by atoms with Crippen molar-refractivity contribution in [2.45, 2.75) is 6.54 Å². The molecule has 2 aromatic rings. The fraction of sp³-hybridized carbons (Fsp3) is 0.154. The molecule has 0 spiro atoms. The van der Waals surface area contributed by atoms with Crippen molar-refractivity contribution in [1.82, 2.24) is 15.5 Å². The minimum Gasteiger partial charge on any atom is -0.360 e. The Balaban J connectivity index is 1.73. The summed E-state index contributed by atoms with van der Waals surface area (Å²) in [6.07, 6.45) is 1.58. The van der Waals surface area contributed by atoms with Crippen LogP contribution in [0.4, 0.5) is 5.82 Å². The molecular formula is C13H14N4O. The van der Waals surface area contributed by atoms with Crippen LogP contribution in [0.3, 0.4) is 0 Å². The van der Waals surface area contributed by atoms with Crippen LogP contribution in [0.5, 0.6) is 0 Å². The van der Waals surface area contributed by atoms with Crippen molar-refractivity contribution in [3.8, 4) is 0 Å². The molecule has 2 N–H and O–H groups in total. The maximum absolute atomic E-state index is 11.6. The first-order valence-electron chi connectivity index (χ1n) is 5.67. The van der Waals surface area contributed by atoms with E-state index < -0.39 is 0 Å². The topological polar surface area (TPSA) is 66.9 Å². The maximum atomic E-state index is 11.6. The highest BCUT2D eigenvalue weighted by atomic mass is 16.1. The Bertz CT molecular complexity index is 441. The molecule has 1 aromatic heterocycles. The molecule has 1 aromatic carbocycles. The zero-order valence-corrected chi connectivity index (χ0v) is 9.84. The summed E-state index contributed by atoms with van der Waals surface area (Å²) in [6, 6.07) is 13.3. The van der Waals surface area contributed by atoms with Gasteiger partial charge in [0.25, 0.3) is 0 Å². The van der Waals surface area contributed by atoms with E-state index in [-0.39, 0.29) is 12.5 Å². The molecule has 0 aliphatic rings. The molecule has 0 aliphatic carbocycles. The fourth-order valence-corrected chi connectivity index (χ4v) is 1.43. The monoisotopic (exact) mass is 242 g/mol. The number of benzene rings is 1. The number of nitrogens with zero attached hydrogens (tertiary/aromatic N) is 2. The van der Waals surface area contributed by atoms with Crippen LogP contribution in [0, 0.1) is 0 Å². The van der Waals surface area contributed by atoms with Crippen molar-refractivity contribution < 1.29 is 4.79 Å².